The van der Waals surface area contributed by atoms with Crippen LogP contribution in [0.1, 0.15) is 5.56 Å². The molecule has 0 saturated carbocycles. The van der Waals surface area contributed by atoms with Crippen LogP contribution in [0, 0.1) is 11.3 Å². The van der Waals surface area contributed by atoms with Crippen LogP contribution in [0.2, 0.25) is 5.15 Å². The lowest BCUT2D eigenvalue weighted by Crippen LogP contribution is -2.44. The van der Waals surface area contributed by atoms with Crippen molar-refractivity contribution in [3.8, 4) is 6.07 Å². The minimum Gasteiger partial charge on any atom is -0.354 e. The fraction of sp³-hybridized carbons (Fsp3) is 0.455. The molecule has 1 fully saturated rings. The van der Waals surface area contributed by atoms with Gasteiger partial charge in [-0.2, -0.15) is 5.26 Å². The first-order chi connectivity index (χ1) is 7.70. The summed E-state index contributed by atoms with van der Waals surface area (Å²) in [6, 6.07) is 5.59. The van der Waals surface area contributed by atoms with Crippen molar-refractivity contribution in [1.29, 1.82) is 5.26 Å². The quantitative estimate of drug-likeness (QED) is 0.691. The van der Waals surface area contributed by atoms with E-state index in [9.17, 15) is 0 Å². The number of likely N-dealkylation sites (N-methyl/N-ethyl adjacent to an activating group) is 1. The number of anilines is 1. The molecule has 1 aliphatic rings. The van der Waals surface area contributed by atoms with E-state index in [1.807, 2.05) is 12.1 Å². The second-order valence-electron chi connectivity index (χ2n) is 3.91. The fourth-order valence-corrected chi connectivity index (χ4v) is 1.91. The van der Waals surface area contributed by atoms with Gasteiger partial charge in [0.25, 0.3) is 0 Å². The van der Waals surface area contributed by atoms with Crippen molar-refractivity contribution in [2.75, 3.05) is 38.1 Å². The zero-order valence-electron chi connectivity index (χ0n) is 9.15. The van der Waals surface area contributed by atoms with Gasteiger partial charge in [0.15, 0.2) is 0 Å². The van der Waals surface area contributed by atoms with Crippen LogP contribution in [0.25, 0.3) is 0 Å². The molecule has 4 nitrogen and oxygen atoms in total. The highest BCUT2D eigenvalue weighted by atomic mass is 35.5. The smallest absolute Gasteiger partial charge is 0.149 e. The molecule has 2 rings (SSSR count). The molecule has 0 spiro atoms. The van der Waals surface area contributed by atoms with Crippen LogP contribution >= 0.6 is 11.6 Å². The van der Waals surface area contributed by atoms with Crippen LogP contribution in [0.3, 0.4) is 0 Å². The molecule has 1 aromatic heterocycles. The van der Waals surface area contributed by atoms with Gasteiger partial charge >= 0.3 is 0 Å². The molecule has 5 heteroatoms. The summed E-state index contributed by atoms with van der Waals surface area (Å²) in [6.07, 6.45) is 0. The highest BCUT2D eigenvalue weighted by molar-refractivity contribution is 6.30. The van der Waals surface area contributed by atoms with Crippen molar-refractivity contribution < 1.29 is 0 Å². The average Bonchev–Trinajstić information content (AvgIpc) is 2.30. The summed E-state index contributed by atoms with van der Waals surface area (Å²) in [5, 5.41) is 9.05. The Hall–Kier alpha value is -1.31. The molecule has 0 amide bonds. The molecule has 0 aromatic carbocycles. The molecule has 0 radical (unpaired) electrons. The van der Waals surface area contributed by atoms with Crippen LogP contribution in [0.15, 0.2) is 12.1 Å². The molecule has 84 valence electrons. The Morgan fingerprint density at radius 2 is 2.00 bits per heavy atom. The van der Waals surface area contributed by atoms with E-state index in [-0.39, 0.29) is 0 Å². The maximum Gasteiger partial charge on any atom is 0.149 e. The van der Waals surface area contributed by atoms with Crippen LogP contribution in [-0.2, 0) is 0 Å². The molecule has 0 unspecified atom stereocenters. The summed E-state index contributed by atoms with van der Waals surface area (Å²) in [6.45, 7) is 3.95. The third-order valence-corrected chi connectivity index (χ3v) is 3.07. The van der Waals surface area contributed by atoms with Crippen LogP contribution < -0.4 is 4.90 Å². The summed E-state index contributed by atoms with van der Waals surface area (Å²) in [4.78, 5) is 8.71. The van der Waals surface area contributed by atoms with Crippen molar-refractivity contribution >= 4 is 17.4 Å². The number of rotatable bonds is 1. The average molecular weight is 237 g/mol. The molecule has 2 heterocycles. The van der Waals surface area contributed by atoms with Gasteiger partial charge in [0.1, 0.15) is 17.0 Å². The van der Waals surface area contributed by atoms with Crippen LogP contribution in [-0.4, -0.2) is 43.1 Å². The first kappa shape index (κ1) is 11.2. The first-order valence-electron chi connectivity index (χ1n) is 5.21. The van der Waals surface area contributed by atoms with E-state index in [0.29, 0.717) is 10.7 Å². The molecule has 1 aromatic rings. The van der Waals surface area contributed by atoms with E-state index >= 15 is 0 Å². The second kappa shape index (κ2) is 4.69. The Balaban J connectivity index is 2.16. The van der Waals surface area contributed by atoms with E-state index in [2.05, 4.69) is 21.8 Å². The number of aromatic nitrogens is 1. The minimum absolute atomic E-state index is 0.291. The van der Waals surface area contributed by atoms with Gasteiger partial charge in [-0.3, -0.25) is 0 Å². The molecule has 0 bridgehead atoms. The zero-order chi connectivity index (χ0) is 11.5. The van der Waals surface area contributed by atoms with Gasteiger partial charge < -0.3 is 9.80 Å². The van der Waals surface area contributed by atoms with Gasteiger partial charge in [0.05, 0.1) is 5.56 Å². The number of nitrogens with zero attached hydrogens (tertiary/aromatic N) is 4. The third kappa shape index (κ3) is 2.26. The molecular formula is C11H13ClN4. The minimum atomic E-state index is 0.291. The fourth-order valence-electron chi connectivity index (χ4n) is 1.72. The topological polar surface area (TPSA) is 43.2 Å². The lowest BCUT2D eigenvalue weighted by Gasteiger charge is -2.33. The highest BCUT2D eigenvalue weighted by Crippen LogP contribution is 2.19. The zero-order valence-corrected chi connectivity index (χ0v) is 9.91. The van der Waals surface area contributed by atoms with Crippen molar-refractivity contribution in [3.63, 3.8) is 0 Å². The van der Waals surface area contributed by atoms with Crippen molar-refractivity contribution in [1.82, 2.24) is 9.88 Å². The number of piperazine rings is 1. The maximum absolute atomic E-state index is 8.76. The number of pyridine rings is 1. The molecule has 0 aliphatic carbocycles. The Morgan fingerprint density at radius 3 is 2.56 bits per heavy atom. The number of hydrogen-bond acceptors (Lipinski definition) is 4. The Bertz CT molecular complexity index is 418. The molecule has 0 N–H and O–H groups in total. The van der Waals surface area contributed by atoms with E-state index in [1.54, 1.807) is 6.07 Å². The van der Waals surface area contributed by atoms with Crippen molar-refractivity contribution in [2.24, 2.45) is 0 Å². The molecular weight excluding hydrogens is 224 g/mol. The normalized spacial score (nSPS) is 17.2. The van der Waals surface area contributed by atoms with Crippen molar-refractivity contribution in [3.05, 3.63) is 22.8 Å². The van der Waals surface area contributed by atoms with Gasteiger partial charge in [-0.15, -0.1) is 0 Å². The standard InChI is InChI=1S/C11H13ClN4/c1-15-4-6-16(7-5-15)10-3-2-9(8-13)11(12)14-10/h2-3H,4-7H2,1H3. The summed E-state index contributed by atoms with van der Waals surface area (Å²) in [5.74, 6) is 0.858. The van der Waals surface area contributed by atoms with Gasteiger partial charge in [-0.1, -0.05) is 11.6 Å². The predicted molar refractivity (Wildman–Crippen MR) is 63.7 cm³/mol. The largest absolute Gasteiger partial charge is 0.354 e. The highest BCUT2D eigenvalue weighted by Gasteiger charge is 2.16. The Kier molecular flexibility index (Phi) is 3.28. The summed E-state index contributed by atoms with van der Waals surface area (Å²) in [7, 11) is 2.11. The maximum atomic E-state index is 8.76. The summed E-state index contributed by atoms with van der Waals surface area (Å²) >= 11 is 5.91. The molecule has 0 atom stereocenters. The lowest BCUT2D eigenvalue weighted by molar-refractivity contribution is 0.312. The Labute approximate surface area is 100 Å². The Morgan fingerprint density at radius 1 is 1.31 bits per heavy atom. The van der Waals surface area contributed by atoms with Gasteiger partial charge in [-0.05, 0) is 19.2 Å². The first-order valence-corrected chi connectivity index (χ1v) is 5.58. The number of nitriles is 1. The molecule has 16 heavy (non-hydrogen) atoms. The van der Waals surface area contributed by atoms with Crippen LogP contribution in [0.5, 0.6) is 0 Å². The van der Waals surface area contributed by atoms with Crippen molar-refractivity contribution in [2.45, 2.75) is 0 Å². The van der Waals surface area contributed by atoms with E-state index < -0.39 is 0 Å². The van der Waals surface area contributed by atoms with Gasteiger partial charge in [-0.25, -0.2) is 4.98 Å². The number of hydrogen-bond donors (Lipinski definition) is 0. The third-order valence-electron chi connectivity index (χ3n) is 2.78. The molecule has 1 aliphatic heterocycles. The monoisotopic (exact) mass is 236 g/mol. The van der Waals surface area contributed by atoms with Gasteiger partial charge in [0.2, 0.25) is 0 Å². The lowest BCUT2D eigenvalue weighted by atomic mass is 10.3. The predicted octanol–water partition coefficient (Wildman–Crippen LogP) is 1.36. The summed E-state index contributed by atoms with van der Waals surface area (Å²) in [5.41, 5.74) is 0.430. The second-order valence-corrected chi connectivity index (χ2v) is 4.27. The SMILES string of the molecule is CN1CCN(c2ccc(C#N)c(Cl)n2)CC1. The van der Waals surface area contributed by atoms with E-state index in [4.69, 9.17) is 16.9 Å². The van der Waals surface area contributed by atoms with E-state index in [1.165, 1.54) is 0 Å². The van der Waals surface area contributed by atoms with Gasteiger partial charge in [0, 0.05) is 26.2 Å². The van der Waals surface area contributed by atoms with Crippen LogP contribution in [0.4, 0.5) is 5.82 Å². The number of halogens is 1. The molecule has 1 saturated heterocycles. The summed E-state index contributed by atoms with van der Waals surface area (Å²) < 4.78 is 0. The van der Waals surface area contributed by atoms with E-state index in [0.717, 1.165) is 32.0 Å².